The number of H-pyrrole nitrogens is 1. The van der Waals surface area contributed by atoms with Crippen LogP contribution in [0.25, 0.3) is 11.0 Å². The van der Waals surface area contributed by atoms with Gasteiger partial charge in [0.2, 0.25) is 0 Å². The fraction of sp³-hybridized carbons (Fsp3) is 0.417. The van der Waals surface area contributed by atoms with Crippen LogP contribution in [0.1, 0.15) is 54.2 Å². The summed E-state index contributed by atoms with van der Waals surface area (Å²) in [4.78, 5) is 37.2. The number of fused-ring (bicyclic) bond motifs is 1. The number of pyridine rings is 3. The molecule has 0 unspecified atom stereocenters. The Labute approximate surface area is 194 Å². The summed E-state index contributed by atoms with van der Waals surface area (Å²) in [5.41, 5.74) is 0.624. The van der Waals surface area contributed by atoms with Gasteiger partial charge in [0.25, 0.3) is 17.9 Å². The SMILES string of the molecule is C[C@@H]1[C@@H](Oc2ccc(C(=O)NC3CCC3)nc2)CN1Cc1cnc2cc(C(F)F)c(=O)[nH]c2c1. The van der Waals surface area contributed by atoms with E-state index in [2.05, 4.69) is 25.2 Å². The summed E-state index contributed by atoms with van der Waals surface area (Å²) in [5, 5.41) is 2.97. The van der Waals surface area contributed by atoms with E-state index in [4.69, 9.17) is 4.74 Å². The Balaban J connectivity index is 1.17. The summed E-state index contributed by atoms with van der Waals surface area (Å²) in [6.45, 7) is 3.32. The van der Waals surface area contributed by atoms with Gasteiger partial charge in [-0.1, -0.05) is 0 Å². The summed E-state index contributed by atoms with van der Waals surface area (Å²) >= 11 is 0. The van der Waals surface area contributed by atoms with E-state index in [0.29, 0.717) is 35.6 Å². The highest BCUT2D eigenvalue weighted by Gasteiger charge is 2.37. The van der Waals surface area contributed by atoms with E-state index in [1.165, 1.54) is 0 Å². The van der Waals surface area contributed by atoms with Gasteiger partial charge in [-0.2, -0.15) is 0 Å². The third kappa shape index (κ3) is 4.50. The average molecular weight is 469 g/mol. The summed E-state index contributed by atoms with van der Waals surface area (Å²) < 4.78 is 31.9. The molecule has 0 spiro atoms. The molecule has 2 N–H and O–H groups in total. The van der Waals surface area contributed by atoms with E-state index in [1.54, 1.807) is 30.6 Å². The van der Waals surface area contributed by atoms with Crippen LogP contribution in [0.4, 0.5) is 8.78 Å². The number of carbonyl (C=O) groups is 1. The second-order valence-electron chi connectivity index (χ2n) is 8.94. The molecule has 5 rings (SSSR count). The molecular weight excluding hydrogens is 444 g/mol. The first-order chi connectivity index (χ1) is 16.4. The highest BCUT2D eigenvalue weighted by molar-refractivity contribution is 5.92. The number of amides is 1. The van der Waals surface area contributed by atoms with E-state index < -0.39 is 17.5 Å². The lowest BCUT2D eigenvalue weighted by Gasteiger charge is -2.45. The maximum atomic E-state index is 12.9. The molecule has 2 atom stereocenters. The van der Waals surface area contributed by atoms with Crippen molar-refractivity contribution in [3.05, 3.63) is 63.8 Å². The Bertz CT molecular complexity index is 1260. The average Bonchev–Trinajstić information content (AvgIpc) is 2.80. The highest BCUT2D eigenvalue weighted by Crippen LogP contribution is 2.26. The summed E-state index contributed by atoms with van der Waals surface area (Å²) in [6, 6.07) is 6.71. The molecule has 34 heavy (non-hydrogen) atoms. The van der Waals surface area contributed by atoms with Gasteiger partial charge in [-0.3, -0.25) is 19.5 Å². The second-order valence-corrected chi connectivity index (χ2v) is 8.94. The molecule has 3 aromatic rings. The third-order valence-electron chi connectivity index (χ3n) is 6.62. The molecule has 1 saturated carbocycles. The van der Waals surface area contributed by atoms with Crippen LogP contribution in [0.3, 0.4) is 0 Å². The first-order valence-electron chi connectivity index (χ1n) is 11.3. The minimum Gasteiger partial charge on any atom is -0.486 e. The number of aromatic nitrogens is 3. The number of carbonyl (C=O) groups excluding carboxylic acids is 1. The molecule has 0 radical (unpaired) electrons. The Hall–Kier alpha value is -3.40. The topological polar surface area (TPSA) is 100 Å². The number of hydrogen-bond donors (Lipinski definition) is 2. The molecular formula is C24H25F2N5O3. The smallest absolute Gasteiger partial charge is 0.270 e. The van der Waals surface area contributed by atoms with Crippen molar-refractivity contribution in [2.75, 3.05) is 6.54 Å². The van der Waals surface area contributed by atoms with Gasteiger partial charge >= 0.3 is 0 Å². The second kappa shape index (κ2) is 9.09. The van der Waals surface area contributed by atoms with Crippen molar-refractivity contribution in [3.8, 4) is 5.75 Å². The molecule has 2 aliphatic rings. The van der Waals surface area contributed by atoms with E-state index in [0.717, 1.165) is 30.9 Å². The number of nitrogens with zero attached hydrogens (tertiary/aromatic N) is 3. The van der Waals surface area contributed by atoms with Crippen molar-refractivity contribution in [2.24, 2.45) is 0 Å². The minimum absolute atomic E-state index is 0.0294. The van der Waals surface area contributed by atoms with E-state index >= 15 is 0 Å². The molecule has 4 heterocycles. The van der Waals surface area contributed by atoms with Gasteiger partial charge in [-0.15, -0.1) is 0 Å². The van der Waals surface area contributed by atoms with Crippen LogP contribution >= 0.6 is 0 Å². The van der Waals surface area contributed by atoms with Crippen LogP contribution in [0.5, 0.6) is 5.75 Å². The van der Waals surface area contributed by atoms with Crippen LogP contribution in [0, 0.1) is 0 Å². The number of nitrogens with one attached hydrogen (secondary N) is 2. The Kier molecular flexibility index (Phi) is 5.99. The predicted octanol–water partition coefficient (Wildman–Crippen LogP) is 3.19. The van der Waals surface area contributed by atoms with Gasteiger partial charge in [0, 0.05) is 31.4 Å². The first kappa shape index (κ1) is 22.4. The zero-order chi connectivity index (χ0) is 23.8. The summed E-state index contributed by atoms with van der Waals surface area (Å²) in [7, 11) is 0. The number of aromatic amines is 1. The van der Waals surface area contributed by atoms with Crippen LogP contribution in [0.15, 0.2) is 41.5 Å². The normalized spacial score (nSPS) is 20.7. The van der Waals surface area contributed by atoms with Crippen molar-refractivity contribution in [3.63, 3.8) is 0 Å². The van der Waals surface area contributed by atoms with Crippen LogP contribution in [-0.4, -0.2) is 50.5 Å². The molecule has 1 aliphatic heterocycles. The lowest BCUT2D eigenvalue weighted by molar-refractivity contribution is -0.0415. The lowest BCUT2D eigenvalue weighted by atomic mass is 9.93. The molecule has 0 bridgehead atoms. The molecule has 8 nitrogen and oxygen atoms in total. The molecule has 2 fully saturated rings. The Morgan fingerprint density at radius 2 is 2.09 bits per heavy atom. The molecule has 1 aliphatic carbocycles. The number of likely N-dealkylation sites (tertiary alicyclic amines) is 1. The first-order valence-corrected chi connectivity index (χ1v) is 11.3. The number of hydrogen-bond acceptors (Lipinski definition) is 6. The van der Waals surface area contributed by atoms with Crippen molar-refractivity contribution in [1.29, 1.82) is 0 Å². The number of ether oxygens (including phenoxy) is 1. The predicted molar refractivity (Wildman–Crippen MR) is 121 cm³/mol. The van der Waals surface area contributed by atoms with Crippen LogP contribution in [0.2, 0.25) is 0 Å². The van der Waals surface area contributed by atoms with Gasteiger partial charge < -0.3 is 15.0 Å². The monoisotopic (exact) mass is 469 g/mol. The van der Waals surface area contributed by atoms with E-state index in [1.807, 2.05) is 6.92 Å². The number of rotatable bonds is 7. The third-order valence-corrected chi connectivity index (χ3v) is 6.62. The minimum atomic E-state index is -2.84. The molecule has 1 amide bonds. The maximum Gasteiger partial charge on any atom is 0.270 e. The number of halogens is 2. The number of alkyl halides is 2. The van der Waals surface area contributed by atoms with Crippen molar-refractivity contribution < 1.29 is 18.3 Å². The quantitative estimate of drug-likeness (QED) is 0.551. The Morgan fingerprint density at radius 3 is 2.74 bits per heavy atom. The fourth-order valence-electron chi connectivity index (χ4n) is 4.19. The molecule has 3 aromatic heterocycles. The zero-order valence-electron chi connectivity index (χ0n) is 18.6. The van der Waals surface area contributed by atoms with Crippen LogP contribution in [-0.2, 0) is 6.54 Å². The van der Waals surface area contributed by atoms with Gasteiger partial charge in [-0.25, -0.2) is 13.8 Å². The zero-order valence-corrected chi connectivity index (χ0v) is 18.6. The fourth-order valence-corrected chi connectivity index (χ4v) is 4.19. The van der Waals surface area contributed by atoms with Gasteiger partial charge in [0.1, 0.15) is 17.5 Å². The van der Waals surface area contributed by atoms with Crippen molar-refractivity contribution in [2.45, 2.75) is 57.3 Å². The van der Waals surface area contributed by atoms with Crippen molar-refractivity contribution in [1.82, 2.24) is 25.2 Å². The summed E-state index contributed by atoms with van der Waals surface area (Å²) in [5.74, 6) is 0.451. The maximum absolute atomic E-state index is 12.9. The van der Waals surface area contributed by atoms with Gasteiger partial charge in [-0.05, 0) is 56.0 Å². The molecule has 0 aromatic carbocycles. The standard InChI is InChI=1S/C24H25F2N5O3/c1-13-21(34-16-5-6-18(28-10-16)24(33)29-15-3-2-4-15)12-31(13)11-14-7-20-19(27-9-14)8-17(22(25)26)23(32)30-20/h5-10,13,15,21-22H,2-4,11-12H2,1H3,(H,29,33)(H,30,32)/t13-,21+/m1/s1. The summed E-state index contributed by atoms with van der Waals surface area (Å²) in [6.07, 6.45) is 3.53. The molecule has 178 valence electrons. The van der Waals surface area contributed by atoms with E-state index in [9.17, 15) is 18.4 Å². The van der Waals surface area contributed by atoms with Crippen molar-refractivity contribution >= 4 is 16.9 Å². The van der Waals surface area contributed by atoms with E-state index in [-0.39, 0.29) is 24.1 Å². The Morgan fingerprint density at radius 1 is 1.26 bits per heavy atom. The molecule has 1 saturated heterocycles. The lowest BCUT2D eigenvalue weighted by Crippen LogP contribution is -2.60. The van der Waals surface area contributed by atoms with Crippen LogP contribution < -0.4 is 15.6 Å². The van der Waals surface area contributed by atoms with Gasteiger partial charge in [0.15, 0.2) is 0 Å². The van der Waals surface area contributed by atoms with Gasteiger partial charge in [0.05, 0.1) is 22.8 Å². The molecule has 10 heteroatoms. The largest absolute Gasteiger partial charge is 0.486 e. The highest BCUT2D eigenvalue weighted by atomic mass is 19.3.